The molecule has 0 bridgehead atoms. The highest BCUT2D eigenvalue weighted by Gasteiger charge is 2.04. The number of aryl methyl sites for hydroxylation is 1. The molecule has 0 aliphatic heterocycles. The summed E-state index contributed by atoms with van der Waals surface area (Å²) < 4.78 is 0. The lowest BCUT2D eigenvalue weighted by Gasteiger charge is -2.06. The van der Waals surface area contributed by atoms with Gasteiger partial charge in [0.2, 0.25) is 5.91 Å². The largest absolute Gasteiger partial charge is 0.504 e. The maximum absolute atomic E-state index is 11.5. The Balaban J connectivity index is 2.27. The van der Waals surface area contributed by atoms with Crippen molar-refractivity contribution in [1.29, 1.82) is 0 Å². The Morgan fingerprint density at radius 1 is 1.22 bits per heavy atom. The lowest BCUT2D eigenvalue weighted by molar-refractivity contribution is -0.121. The van der Waals surface area contributed by atoms with E-state index in [0.717, 1.165) is 18.5 Å². The molecule has 0 aromatic heterocycles. The van der Waals surface area contributed by atoms with Gasteiger partial charge in [-0.1, -0.05) is 6.07 Å². The van der Waals surface area contributed by atoms with Crippen LogP contribution in [-0.2, 0) is 11.2 Å². The van der Waals surface area contributed by atoms with Crippen LogP contribution in [0.1, 0.15) is 18.4 Å². The molecule has 5 nitrogen and oxygen atoms in total. The number of rotatable bonds is 7. The van der Waals surface area contributed by atoms with Gasteiger partial charge >= 0.3 is 0 Å². The van der Waals surface area contributed by atoms with Crippen molar-refractivity contribution in [2.24, 2.45) is 0 Å². The zero-order valence-electron chi connectivity index (χ0n) is 10.6. The van der Waals surface area contributed by atoms with Crippen LogP contribution in [-0.4, -0.2) is 36.3 Å². The van der Waals surface area contributed by atoms with Crippen LogP contribution in [0, 0.1) is 0 Å². The predicted octanol–water partition coefficient (Wildman–Crippen LogP) is 0.756. The first-order valence-electron chi connectivity index (χ1n) is 6.05. The molecule has 0 radical (unpaired) electrons. The van der Waals surface area contributed by atoms with E-state index in [1.807, 2.05) is 7.05 Å². The highest BCUT2D eigenvalue weighted by molar-refractivity contribution is 5.76. The summed E-state index contributed by atoms with van der Waals surface area (Å²) in [4.78, 5) is 11.5. The normalized spacial score (nSPS) is 10.3. The van der Waals surface area contributed by atoms with Crippen molar-refractivity contribution in [3.05, 3.63) is 23.8 Å². The third-order valence-electron chi connectivity index (χ3n) is 2.61. The quantitative estimate of drug-likeness (QED) is 0.426. The number of phenols is 2. The van der Waals surface area contributed by atoms with E-state index in [1.54, 1.807) is 6.07 Å². The lowest BCUT2D eigenvalue weighted by Crippen LogP contribution is -2.26. The van der Waals surface area contributed by atoms with Crippen LogP contribution in [0.5, 0.6) is 11.5 Å². The minimum atomic E-state index is -0.151. The maximum Gasteiger partial charge on any atom is 0.220 e. The first kappa shape index (κ1) is 14.3. The molecule has 0 aliphatic rings. The van der Waals surface area contributed by atoms with E-state index in [9.17, 15) is 9.90 Å². The predicted molar refractivity (Wildman–Crippen MR) is 69.6 cm³/mol. The second-order valence-corrected chi connectivity index (χ2v) is 4.13. The number of carbonyl (C=O) groups excluding carboxylic acids is 1. The number of phenolic OH excluding ortho intramolecular Hbond substituents is 2. The third kappa shape index (κ3) is 5.05. The minimum Gasteiger partial charge on any atom is -0.504 e. The van der Waals surface area contributed by atoms with Gasteiger partial charge in [0.05, 0.1) is 0 Å². The summed E-state index contributed by atoms with van der Waals surface area (Å²) in [7, 11) is 1.87. The average Bonchev–Trinajstić information content (AvgIpc) is 2.36. The van der Waals surface area contributed by atoms with Crippen molar-refractivity contribution in [2.45, 2.75) is 19.3 Å². The number of nitrogens with one attached hydrogen (secondary N) is 2. The lowest BCUT2D eigenvalue weighted by atomic mass is 10.1. The Morgan fingerprint density at radius 2 is 2.00 bits per heavy atom. The first-order valence-corrected chi connectivity index (χ1v) is 6.05. The molecule has 1 aromatic rings. The highest BCUT2D eigenvalue weighted by atomic mass is 16.3. The van der Waals surface area contributed by atoms with Gasteiger partial charge in [-0.2, -0.15) is 0 Å². The summed E-state index contributed by atoms with van der Waals surface area (Å²) in [6, 6.07) is 4.60. The van der Waals surface area contributed by atoms with Crippen molar-refractivity contribution in [1.82, 2.24) is 10.6 Å². The van der Waals surface area contributed by atoms with Crippen molar-refractivity contribution in [2.75, 3.05) is 20.1 Å². The molecule has 0 aliphatic carbocycles. The first-order chi connectivity index (χ1) is 8.63. The summed E-state index contributed by atoms with van der Waals surface area (Å²) in [6.07, 6.45) is 1.83. The van der Waals surface area contributed by atoms with Crippen molar-refractivity contribution >= 4 is 5.91 Å². The topological polar surface area (TPSA) is 81.6 Å². The van der Waals surface area contributed by atoms with Gasteiger partial charge in [0.1, 0.15) is 0 Å². The number of amides is 1. The molecule has 0 fully saturated rings. The molecule has 0 atom stereocenters. The van der Waals surface area contributed by atoms with E-state index < -0.39 is 0 Å². The molecular weight excluding hydrogens is 232 g/mol. The molecule has 0 spiro atoms. The maximum atomic E-state index is 11.5. The third-order valence-corrected chi connectivity index (χ3v) is 2.61. The van der Waals surface area contributed by atoms with Gasteiger partial charge in [0.15, 0.2) is 11.5 Å². The fraction of sp³-hybridized carbons (Fsp3) is 0.462. The Morgan fingerprint density at radius 3 is 2.67 bits per heavy atom. The summed E-state index contributed by atoms with van der Waals surface area (Å²) in [5.41, 5.74) is 0.829. The number of benzene rings is 1. The molecule has 100 valence electrons. The minimum absolute atomic E-state index is 0.00123. The molecule has 18 heavy (non-hydrogen) atoms. The smallest absolute Gasteiger partial charge is 0.220 e. The van der Waals surface area contributed by atoms with E-state index in [4.69, 9.17) is 5.11 Å². The highest BCUT2D eigenvalue weighted by Crippen LogP contribution is 2.25. The Labute approximate surface area is 107 Å². The monoisotopic (exact) mass is 252 g/mol. The molecule has 5 heteroatoms. The van der Waals surface area contributed by atoms with Gasteiger partial charge in [-0.15, -0.1) is 0 Å². The zero-order chi connectivity index (χ0) is 13.4. The molecule has 1 aromatic carbocycles. The van der Waals surface area contributed by atoms with Crippen molar-refractivity contribution in [3.63, 3.8) is 0 Å². The SMILES string of the molecule is CNCCCNC(=O)CCc1ccc(O)c(O)c1. The van der Waals surface area contributed by atoms with E-state index in [2.05, 4.69) is 10.6 Å². The van der Waals surface area contributed by atoms with Crippen LogP contribution in [0.25, 0.3) is 0 Å². The van der Waals surface area contributed by atoms with E-state index in [1.165, 1.54) is 12.1 Å². The molecule has 1 rings (SSSR count). The van der Waals surface area contributed by atoms with E-state index >= 15 is 0 Å². The second kappa shape index (κ2) is 7.55. The molecule has 4 N–H and O–H groups in total. The fourth-order valence-electron chi connectivity index (χ4n) is 1.56. The van der Waals surface area contributed by atoms with Crippen LogP contribution in [0.3, 0.4) is 0 Å². The molecule has 0 unspecified atom stereocenters. The Kier molecular flexibility index (Phi) is 6.00. The van der Waals surface area contributed by atoms with Crippen molar-refractivity contribution in [3.8, 4) is 11.5 Å². The number of aromatic hydroxyl groups is 2. The van der Waals surface area contributed by atoms with Crippen LogP contribution in [0.4, 0.5) is 0 Å². The zero-order valence-corrected chi connectivity index (χ0v) is 10.6. The number of hydrogen-bond donors (Lipinski definition) is 4. The molecule has 0 heterocycles. The fourth-order valence-corrected chi connectivity index (χ4v) is 1.56. The van der Waals surface area contributed by atoms with Gasteiger partial charge in [-0.3, -0.25) is 4.79 Å². The summed E-state index contributed by atoms with van der Waals surface area (Å²) in [6.45, 7) is 1.55. The molecule has 0 saturated heterocycles. The molecular formula is C13H20N2O3. The second-order valence-electron chi connectivity index (χ2n) is 4.13. The van der Waals surface area contributed by atoms with Gasteiger partial charge in [0, 0.05) is 13.0 Å². The van der Waals surface area contributed by atoms with Crippen LogP contribution >= 0.6 is 0 Å². The van der Waals surface area contributed by atoms with Gasteiger partial charge < -0.3 is 20.8 Å². The van der Waals surface area contributed by atoms with Crippen LogP contribution in [0.15, 0.2) is 18.2 Å². The van der Waals surface area contributed by atoms with Crippen molar-refractivity contribution < 1.29 is 15.0 Å². The summed E-state index contributed by atoms with van der Waals surface area (Å²) >= 11 is 0. The number of hydrogen-bond acceptors (Lipinski definition) is 4. The van der Waals surface area contributed by atoms with E-state index in [0.29, 0.717) is 19.4 Å². The van der Waals surface area contributed by atoms with Crippen LogP contribution < -0.4 is 10.6 Å². The van der Waals surface area contributed by atoms with Gasteiger partial charge in [-0.05, 0) is 44.1 Å². The molecule has 0 saturated carbocycles. The average molecular weight is 252 g/mol. The summed E-state index contributed by atoms with van der Waals surface area (Å²) in [5.74, 6) is -0.295. The number of carbonyl (C=O) groups is 1. The van der Waals surface area contributed by atoms with Gasteiger partial charge in [0.25, 0.3) is 0 Å². The Bertz CT molecular complexity index is 394. The summed E-state index contributed by atoms with van der Waals surface area (Å²) in [5, 5.41) is 24.3. The molecule has 1 amide bonds. The van der Waals surface area contributed by atoms with Crippen LogP contribution in [0.2, 0.25) is 0 Å². The standard InChI is InChI=1S/C13H20N2O3/c1-14-7-2-8-15-13(18)6-4-10-3-5-11(16)12(17)9-10/h3,5,9,14,16-17H,2,4,6-8H2,1H3,(H,15,18). The van der Waals surface area contributed by atoms with Gasteiger partial charge in [-0.25, -0.2) is 0 Å². The van der Waals surface area contributed by atoms with E-state index in [-0.39, 0.29) is 17.4 Å². The Hall–Kier alpha value is -1.75.